The molecule has 0 spiro atoms. The Kier molecular flexibility index (Phi) is 5.57. The van der Waals surface area contributed by atoms with Gasteiger partial charge in [0.1, 0.15) is 6.26 Å². The second kappa shape index (κ2) is 7.42. The van der Waals surface area contributed by atoms with Gasteiger partial charge in [-0.25, -0.2) is 4.98 Å². The highest BCUT2D eigenvalue weighted by molar-refractivity contribution is 5.92. The van der Waals surface area contributed by atoms with Gasteiger partial charge in [-0.05, 0) is 50.4 Å². The minimum atomic E-state index is -0.0311. The van der Waals surface area contributed by atoms with Gasteiger partial charge in [0.25, 0.3) is 0 Å². The van der Waals surface area contributed by atoms with Crippen LogP contribution in [0, 0.1) is 12.8 Å². The van der Waals surface area contributed by atoms with Crippen LogP contribution in [0.1, 0.15) is 18.5 Å². The number of aromatic nitrogens is 1. The van der Waals surface area contributed by atoms with Gasteiger partial charge in [-0.15, -0.1) is 12.4 Å². The van der Waals surface area contributed by atoms with E-state index < -0.39 is 0 Å². The Bertz CT molecular complexity index is 638. The fourth-order valence-corrected chi connectivity index (χ4v) is 2.13. The standard InChI is InChI=1S/C16H19N3O2.ClH/c1-11-10-21-16(18-11)13-3-2-4-14(7-13)19-15(20)9-17-8-12-5-6-12;/h2-4,7,10,12,17H,5-6,8-9H2,1H3,(H,19,20);1H. The van der Waals surface area contributed by atoms with Gasteiger partial charge in [-0.2, -0.15) is 0 Å². The van der Waals surface area contributed by atoms with Crippen molar-refractivity contribution < 1.29 is 9.21 Å². The Morgan fingerprint density at radius 2 is 2.23 bits per heavy atom. The zero-order valence-electron chi connectivity index (χ0n) is 12.5. The summed E-state index contributed by atoms with van der Waals surface area (Å²) in [6, 6.07) is 7.51. The molecule has 0 saturated heterocycles. The van der Waals surface area contributed by atoms with Gasteiger partial charge in [-0.1, -0.05) is 6.07 Å². The molecule has 3 rings (SSSR count). The zero-order chi connectivity index (χ0) is 14.7. The first-order valence-electron chi connectivity index (χ1n) is 7.24. The van der Waals surface area contributed by atoms with Crippen LogP contribution < -0.4 is 10.6 Å². The maximum atomic E-state index is 11.9. The predicted octanol–water partition coefficient (Wildman–Crippen LogP) is 3.01. The zero-order valence-corrected chi connectivity index (χ0v) is 13.3. The van der Waals surface area contributed by atoms with Crippen LogP contribution in [-0.2, 0) is 4.79 Å². The van der Waals surface area contributed by atoms with Crippen molar-refractivity contribution in [3.63, 3.8) is 0 Å². The first-order chi connectivity index (χ1) is 10.2. The molecule has 118 valence electrons. The van der Waals surface area contributed by atoms with Crippen molar-refractivity contribution in [3.8, 4) is 11.5 Å². The average Bonchev–Trinajstić information content (AvgIpc) is 3.18. The Hall–Kier alpha value is -1.85. The molecule has 1 amide bonds. The third-order valence-electron chi connectivity index (χ3n) is 3.43. The van der Waals surface area contributed by atoms with Crippen LogP contribution in [0.3, 0.4) is 0 Å². The number of oxazole rings is 1. The molecule has 0 bridgehead atoms. The first kappa shape index (κ1) is 16.5. The van der Waals surface area contributed by atoms with Gasteiger partial charge < -0.3 is 15.1 Å². The van der Waals surface area contributed by atoms with Gasteiger partial charge in [0.05, 0.1) is 12.2 Å². The fourth-order valence-electron chi connectivity index (χ4n) is 2.13. The van der Waals surface area contributed by atoms with E-state index in [0.717, 1.165) is 29.4 Å². The molecule has 1 aliphatic carbocycles. The van der Waals surface area contributed by atoms with Gasteiger partial charge in [0, 0.05) is 11.3 Å². The number of rotatable bonds is 6. The lowest BCUT2D eigenvalue weighted by molar-refractivity contribution is -0.115. The molecular formula is C16H20ClN3O2. The summed E-state index contributed by atoms with van der Waals surface area (Å²) in [5.41, 5.74) is 2.44. The number of nitrogens with zero attached hydrogens (tertiary/aromatic N) is 1. The third-order valence-corrected chi connectivity index (χ3v) is 3.43. The van der Waals surface area contributed by atoms with E-state index in [4.69, 9.17) is 4.42 Å². The molecule has 0 atom stereocenters. The van der Waals surface area contributed by atoms with E-state index in [1.54, 1.807) is 6.26 Å². The number of carbonyl (C=O) groups is 1. The lowest BCUT2D eigenvalue weighted by atomic mass is 10.2. The molecular weight excluding hydrogens is 302 g/mol. The van der Waals surface area contributed by atoms with Crippen molar-refractivity contribution in [3.05, 3.63) is 36.2 Å². The summed E-state index contributed by atoms with van der Waals surface area (Å²) in [4.78, 5) is 16.1. The average molecular weight is 322 g/mol. The molecule has 1 aromatic heterocycles. The molecule has 22 heavy (non-hydrogen) atoms. The van der Waals surface area contributed by atoms with Crippen molar-refractivity contribution in [1.29, 1.82) is 0 Å². The van der Waals surface area contributed by atoms with Crippen LogP contribution >= 0.6 is 12.4 Å². The molecule has 1 aliphatic rings. The van der Waals surface area contributed by atoms with E-state index >= 15 is 0 Å². The van der Waals surface area contributed by atoms with E-state index in [0.29, 0.717) is 12.4 Å². The molecule has 2 aromatic rings. The number of amides is 1. The second-order valence-corrected chi connectivity index (χ2v) is 5.50. The van der Waals surface area contributed by atoms with Crippen LogP contribution in [0.15, 0.2) is 34.9 Å². The van der Waals surface area contributed by atoms with Crippen molar-refractivity contribution in [2.24, 2.45) is 5.92 Å². The van der Waals surface area contributed by atoms with Crippen LogP contribution in [-0.4, -0.2) is 24.0 Å². The maximum Gasteiger partial charge on any atom is 0.238 e. The van der Waals surface area contributed by atoms with Gasteiger partial charge in [0.15, 0.2) is 0 Å². The Labute approximate surface area is 135 Å². The molecule has 1 fully saturated rings. The third kappa shape index (κ3) is 4.58. The molecule has 1 heterocycles. The maximum absolute atomic E-state index is 11.9. The largest absolute Gasteiger partial charge is 0.444 e. The van der Waals surface area contributed by atoms with E-state index in [9.17, 15) is 4.79 Å². The summed E-state index contributed by atoms with van der Waals surface area (Å²) in [5.74, 6) is 1.31. The topological polar surface area (TPSA) is 67.2 Å². The monoisotopic (exact) mass is 321 g/mol. The van der Waals surface area contributed by atoms with E-state index in [2.05, 4.69) is 15.6 Å². The molecule has 1 aromatic carbocycles. The summed E-state index contributed by atoms with van der Waals surface area (Å²) in [7, 11) is 0. The first-order valence-corrected chi connectivity index (χ1v) is 7.24. The molecule has 0 aliphatic heterocycles. The van der Waals surface area contributed by atoms with Crippen molar-refractivity contribution in [2.45, 2.75) is 19.8 Å². The number of carbonyl (C=O) groups excluding carboxylic acids is 1. The van der Waals surface area contributed by atoms with E-state index in [1.165, 1.54) is 12.8 Å². The number of nitrogens with one attached hydrogen (secondary N) is 2. The lowest BCUT2D eigenvalue weighted by Crippen LogP contribution is -2.29. The molecule has 0 unspecified atom stereocenters. The van der Waals surface area contributed by atoms with Crippen LogP contribution in [0.25, 0.3) is 11.5 Å². The van der Waals surface area contributed by atoms with E-state index in [1.807, 2.05) is 31.2 Å². The highest BCUT2D eigenvalue weighted by Gasteiger charge is 2.20. The Balaban J connectivity index is 0.00000176. The molecule has 2 N–H and O–H groups in total. The summed E-state index contributed by atoms with van der Waals surface area (Å²) in [5, 5.41) is 6.06. The minimum Gasteiger partial charge on any atom is -0.444 e. The van der Waals surface area contributed by atoms with Gasteiger partial charge >= 0.3 is 0 Å². The molecule has 5 nitrogen and oxygen atoms in total. The number of hydrogen-bond acceptors (Lipinski definition) is 4. The normalized spacial score (nSPS) is 13.5. The number of benzene rings is 1. The van der Waals surface area contributed by atoms with Crippen molar-refractivity contribution >= 4 is 24.0 Å². The van der Waals surface area contributed by atoms with Crippen LogP contribution in [0.2, 0.25) is 0 Å². The number of hydrogen-bond donors (Lipinski definition) is 2. The van der Waals surface area contributed by atoms with Gasteiger partial charge in [-0.3, -0.25) is 4.79 Å². The van der Waals surface area contributed by atoms with E-state index in [-0.39, 0.29) is 18.3 Å². The van der Waals surface area contributed by atoms with Gasteiger partial charge in [0.2, 0.25) is 11.8 Å². The molecule has 6 heteroatoms. The SMILES string of the molecule is Cc1coc(-c2cccc(NC(=O)CNCC3CC3)c2)n1.Cl. The lowest BCUT2D eigenvalue weighted by Gasteiger charge is -2.07. The minimum absolute atomic E-state index is 0. The quantitative estimate of drug-likeness (QED) is 0.858. The summed E-state index contributed by atoms with van der Waals surface area (Å²) >= 11 is 0. The van der Waals surface area contributed by atoms with Crippen molar-refractivity contribution in [1.82, 2.24) is 10.3 Å². The summed E-state index contributed by atoms with van der Waals surface area (Å²) in [6.45, 7) is 3.16. The Morgan fingerprint density at radius 3 is 2.91 bits per heavy atom. The number of anilines is 1. The second-order valence-electron chi connectivity index (χ2n) is 5.50. The summed E-state index contributed by atoms with van der Waals surface area (Å²) < 4.78 is 5.37. The highest BCUT2D eigenvalue weighted by atomic mass is 35.5. The number of halogens is 1. The van der Waals surface area contributed by atoms with Crippen LogP contribution in [0.4, 0.5) is 5.69 Å². The smallest absolute Gasteiger partial charge is 0.238 e. The Morgan fingerprint density at radius 1 is 1.41 bits per heavy atom. The predicted molar refractivity (Wildman–Crippen MR) is 88.1 cm³/mol. The highest BCUT2D eigenvalue weighted by Crippen LogP contribution is 2.27. The molecule has 1 saturated carbocycles. The fraction of sp³-hybridized carbons (Fsp3) is 0.375. The number of aryl methyl sites for hydroxylation is 1. The molecule has 0 radical (unpaired) electrons. The van der Waals surface area contributed by atoms with Crippen molar-refractivity contribution in [2.75, 3.05) is 18.4 Å². The summed E-state index contributed by atoms with van der Waals surface area (Å²) in [6.07, 6.45) is 4.18. The van der Waals surface area contributed by atoms with Crippen LogP contribution in [0.5, 0.6) is 0 Å².